The van der Waals surface area contributed by atoms with Crippen LogP contribution in [-0.2, 0) is 6.54 Å². The fourth-order valence-corrected chi connectivity index (χ4v) is 3.16. The molecule has 2 saturated heterocycles. The Morgan fingerprint density at radius 2 is 2.38 bits per heavy atom. The van der Waals surface area contributed by atoms with E-state index in [0.29, 0.717) is 0 Å². The van der Waals surface area contributed by atoms with Crippen molar-refractivity contribution in [3.8, 4) is 0 Å². The van der Waals surface area contributed by atoms with E-state index >= 15 is 0 Å². The van der Waals surface area contributed by atoms with E-state index in [0.717, 1.165) is 18.6 Å². The molecule has 3 heterocycles. The largest absolute Gasteiger partial charge is 0.472 e. The molecule has 0 bridgehead atoms. The third-order valence-corrected chi connectivity index (χ3v) is 3.94. The van der Waals surface area contributed by atoms with Crippen molar-refractivity contribution in [1.29, 1.82) is 0 Å². The Morgan fingerprint density at radius 3 is 3.12 bits per heavy atom. The molecule has 0 saturated carbocycles. The lowest BCUT2D eigenvalue weighted by molar-refractivity contribution is 0.206. The molecule has 3 rings (SSSR count). The van der Waals surface area contributed by atoms with Gasteiger partial charge in [0.05, 0.1) is 12.5 Å². The van der Waals surface area contributed by atoms with Crippen LogP contribution in [0.3, 0.4) is 0 Å². The molecule has 0 aromatic carbocycles. The summed E-state index contributed by atoms with van der Waals surface area (Å²) >= 11 is 0. The van der Waals surface area contributed by atoms with E-state index < -0.39 is 0 Å². The van der Waals surface area contributed by atoms with Crippen LogP contribution >= 0.6 is 0 Å². The van der Waals surface area contributed by atoms with Crippen LogP contribution in [0.25, 0.3) is 0 Å². The molecule has 2 aliphatic heterocycles. The highest BCUT2D eigenvalue weighted by molar-refractivity contribution is 5.06. The molecular weight excluding hydrogens is 200 g/mol. The van der Waals surface area contributed by atoms with Crippen molar-refractivity contribution >= 4 is 0 Å². The second-order valence-electron chi connectivity index (χ2n) is 5.01. The number of hydrogen-bond acceptors (Lipinski definition) is 3. The fraction of sp³-hybridized carbons (Fsp3) is 0.692. The topological polar surface area (TPSA) is 28.4 Å². The summed E-state index contributed by atoms with van der Waals surface area (Å²) < 4.78 is 5.14. The summed E-state index contributed by atoms with van der Waals surface area (Å²) in [5.41, 5.74) is 1.31. The maximum atomic E-state index is 5.14. The number of nitrogens with one attached hydrogen (secondary N) is 1. The summed E-state index contributed by atoms with van der Waals surface area (Å²) in [6.45, 7) is 3.51. The molecule has 1 N–H and O–H groups in total. The molecule has 2 fully saturated rings. The van der Waals surface area contributed by atoms with Crippen LogP contribution < -0.4 is 5.32 Å². The molecule has 2 atom stereocenters. The minimum absolute atomic E-state index is 0.731. The Morgan fingerprint density at radius 1 is 1.38 bits per heavy atom. The Hall–Kier alpha value is -0.800. The van der Waals surface area contributed by atoms with Crippen LogP contribution in [0, 0.1) is 0 Å². The summed E-state index contributed by atoms with van der Waals surface area (Å²) in [5.74, 6) is 0. The molecule has 1 aromatic rings. The second-order valence-corrected chi connectivity index (χ2v) is 5.01. The highest BCUT2D eigenvalue weighted by Gasteiger charge is 2.32. The molecule has 16 heavy (non-hydrogen) atoms. The van der Waals surface area contributed by atoms with Gasteiger partial charge in [-0.15, -0.1) is 0 Å². The van der Waals surface area contributed by atoms with Crippen molar-refractivity contribution in [1.82, 2.24) is 10.2 Å². The average Bonchev–Trinajstić information content (AvgIpc) is 2.98. The van der Waals surface area contributed by atoms with Gasteiger partial charge in [-0.25, -0.2) is 0 Å². The Bertz CT molecular complexity index is 317. The number of hydrogen-bond donors (Lipinski definition) is 1. The Balaban J connectivity index is 1.64. The van der Waals surface area contributed by atoms with Gasteiger partial charge in [-0.2, -0.15) is 0 Å². The molecule has 0 radical (unpaired) electrons. The predicted octanol–water partition coefficient (Wildman–Crippen LogP) is 2.00. The van der Waals surface area contributed by atoms with Crippen LogP contribution in [0.5, 0.6) is 0 Å². The molecule has 0 spiro atoms. The predicted molar refractivity (Wildman–Crippen MR) is 63.2 cm³/mol. The molecule has 2 aliphatic rings. The molecule has 0 amide bonds. The van der Waals surface area contributed by atoms with Crippen molar-refractivity contribution < 1.29 is 4.42 Å². The van der Waals surface area contributed by atoms with Crippen molar-refractivity contribution in [3.05, 3.63) is 24.2 Å². The van der Waals surface area contributed by atoms with Crippen LogP contribution in [-0.4, -0.2) is 30.1 Å². The summed E-state index contributed by atoms with van der Waals surface area (Å²) in [6.07, 6.45) is 9.05. The Labute approximate surface area is 96.8 Å². The highest BCUT2D eigenvalue weighted by atomic mass is 16.3. The maximum Gasteiger partial charge on any atom is 0.0947 e. The van der Waals surface area contributed by atoms with Crippen molar-refractivity contribution in [2.75, 3.05) is 13.1 Å². The standard InChI is InChI=1S/C13H20N2O/c1-3-12(14-6-1)13-4-2-7-15(13)9-11-5-8-16-10-11/h5,8,10,12-14H,1-4,6-7,9H2. The van der Waals surface area contributed by atoms with E-state index in [9.17, 15) is 0 Å². The van der Waals surface area contributed by atoms with Crippen molar-refractivity contribution in [3.63, 3.8) is 0 Å². The molecule has 3 heteroatoms. The summed E-state index contributed by atoms with van der Waals surface area (Å²) in [4.78, 5) is 2.62. The van der Waals surface area contributed by atoms with E-state index in [1.54, 1.807) is 6.26 Å². The van der Waals surface area contributed by atoms with Gasteiger partial charge in [0.25, 0.3) is 0 Å². The van der Waals surface area contributed by atoms with Gasteiger partial charge in [-0.05, 0) is 44.8 Å². The fourth-order valence-electron chi connectivity index (χ4n) is 3.16. The lowest BCUT2D eigenvalue weighted by Crippen LogP contribution is -2.43. The molecule has 1 aromatic heterocycles. The lowest BCUT2D eigenvalue weighted by atomic mass is 10.0. The molecule has 2 unspecified atom stereocenters. The first-order valence-corrected chi connectivity index (χ1v) is 6.42. The van der Waals surface area contributed by atoms with Gasteiger partial charge in [-0.1, -0.05) is 0 Å². The minimum atomic E-state index is 0.731. The summed E-state index contributed by atoms with van der Waals surface area (Å²) in [5, 5.41) is 3.64. The highest BCUT2D eigenvalue weighted by Crippen LogP contribution is 2.26. The monoisotopic (exact) mass is 220 g/mol. The van der Waals surface area contributed by atoms with E-state index in [-0.39, 0.29) is 0 Å². The zero-order chi connectivity index (χ0) is 10.8. The van der Waals surface area contributed by atoms with Crippen LogP contribution in [0.15, 0.2) is 23.0 Å². The summed E-state index contributed by atoms with van der Waals surface area (Å²) in [7, 11) is 0. The SMILES string of the molecule is c1cc(CN2CCCC2C2CCCN2)co1. The van der Waals surface area contributed by atoms with E-state index in [2.05, 4.69) is 16.3 Å². The van der Waals surface area contributed by atoms with E-state index in [4.69, 9.17) is 4.42 Å². The van der Waals surface area contributed by atoms with Crippen LogP contribution in [0.4, 0.5) is 0 Å². The molecule has 3 nitrogen and oxygen atoms in total. The molecular formula is C13H20N2O. The van der Waals surface area contributed by atoms with E-state index in [1.807, 2.05) is 6.26 Å². The quantitative estimate of drug-likeness (QED) is 0.844. The molecule has 0 aliphatic carbocycles. The first kappa shape index (κ1) is 10.4. The van der Waals surface area contributed by atoms with Crippen molar-refractivity contribution in [2.45, 2.75) is 44.3 Å². The second kappa shape index (κ2) is 4.60. The van der Waals surface area contributed by atoms with Crippen molar-refractivity contribution in [2.24, 2.45) is 0 Å². The van der Waals surface area contributed by atoms with Gasteiger partial charge in [0.15, 0.2) is 0 Å². The normalized spacial score (nSPS) is 31.2. The van der Waals surface area contributed by atoms with Gasteiger partial charge < -0.3 is 9.73 Å². The van der Waals surface area contributed by atoms with Crippen LogP contribution in [0.2, 0.25) is 0 Å². The minimum Gasteiger partial charge on any atom is -0.472 e. The third kappa shape index (κ3) is 2.02. The van der Waals surface area contributed by atoms with Gasteiger partial charge in [0, 0.05) is 24.2 Å². The van der Waals surface area contributed by atoms with Gasteiger partial charge in [-0.3, -0.25) is 4.90 Å². The number of rotatable bonds is 3. The van der Waals surface area contributed by atoms with Gasteiger partial charge in [0.1, 0.15) is 0 Å². The smallest absolute Gasteiger partial charge is 0.0947 e. The number of nitrogens with zero attached hydrogens (tertiary/aromatic N) is 1. The number of furan rings is 1. The first-order chi connectivity index (χ1) is 7.93. The zero-order valence-electron chi connectivity index (χ0n) is 9.69. The first-order valence-electron chi connectivity index (χ1n) is 6.42. The maximum absolute atomic E-state index is 5.14. The Kier molecular flexibility index (Phi) is 2.98. The number of likely N-dealkylation sites (tertiary alicyclic amines) is 1. The third-order valence-electron chi connectivity index (χ3n) is 3.94. The van der Waals surface area contributed by atoms with Gasteiger partial charge >= 0.3 is 0 Å². The lowest BCUT2D eigenvalue weighted by Gasteiger charge is -2.29. The molecule has 88 valence electrons. The zero-order valence-corrected chi connectivity index (χ0v) is 9.69. The van der Waals surface area contributed by atoms with E-state index in [1.165, 1.54) is 44.3 Å². The van der Waals surface area contributed by atoms with Crippen LogP contribution in [0.1, 0.15) is 31.2 Å². The average molecular weight is 220 g/mol. The summed E-state index contributed by atoms with van der Waals surface area (Å²) in [6, 6.07) is 3.56. The van der Waals surface area contributed by atoms with Gasteiger partial charge in [0.2, 0.25) is 0 Å².